The topological polar surface area (TPSA) is 43.8 Å². The summed E-state index contributed by atoms with van der Waals surface area (Å²) in [6, 6.07) is 3.67. The Morgan fingerprint density at radius 3 is 2.85 bits per heavy atom. The second-order valence-electron chi connectivity index (χ2n) is 2.76. The monoisotopic (exact) mass is 259 g/mol. The van der Waals surface area contributed by atoms with Gasteiger partial charge < -0.3 is 10.3 Å². The second kappa shape index (κ2) is 2.89. The third-order valence-corrected chi connectivity index (χ3v) is 2.90. The molecule has 2 aromatic rings. The maximum atomic E-state index is 6.01. The molecule has 13 heavy (non-hydrogen) atoms. The molecule has 2 N–H and O–H groups in total. The van der Waals surface area contributed by atoms with Crippen molar-refractivity contribution in [1.82, 2.24) is 9.55 Å². The quantitative estimate of drug-likeness (QED) is 0.791. The molecule has 0 atom stereocenters. The van der Waals surface area contributed by atoms with Crippen molar-refractivity contribution in [2.45, 2.75) is 0 Å². The first kappa shape index (κ1) is 8.84. The van der Waals surface area contributed by atoms with Gasteiger partial charge in [-0.15, -0.1) is 0 Å². The van der Waals surface area contributed by atoms with Gasteiger partial charge in [0.05, 0.1) is 10.5 Å². The zero-order valence-corrected chi connectivity index (χ0v) is 9.22. The molecule has 0 amide bonds. The zero-order chi connectivity index (χ0) is 9.59. The van der Waals surface area contributed by atoms with Crippen molar-refractivity contribution >= 4 is 44.5 Å². The van der Waals surface area contributed by atoms with Crippen molar-refractivity contribution in [1.29, 1.82) is 0 Å². The van der Waals surface area contributed by atoms with Gasteiger partial charge in [-0.1, -0.05) is 11.6 Å². The van der Waals surface area contributed by atoms with E-state index in [1.807, 2.05) is 19.2 Å². The second-order valence-corrected chi connectivity index (χ2v) is 4.02. The highest BCUT2D eigenvalue weighted by Gasteiger charge is 2.10. The van der Waals surface area contributed by atoms with Crippen LogP contribution in [-0.4, -0.2) is 9.55 Å². The molecule has 1 aromatic carbocycles. The summed E-state index contributed by atoms with van der Waals surface area (Å²) in [4.78, 5) is 4.18. The average Bonchev–Trinajstić information content (AvgIpc) is 2.38. The van der Waals surface area contributed by atoms with Gasteiger partial charge in [0.25, 0.3) is 0 Å². The van der Waals surface area contributed by atoms with Crippen molar-refractivity contribution in [3.8, 4) is 0 Å². The Morgan fingerprint density at radius 1 is 1.54 bits per heavy atom. The van der Waals surface area contributed by atoms with Gasteiger partial charge in [0.1, 0.15) is 5.52 Å². The minimum Gasteiger partial charge on any atom is -0.369 e. The number of nitrogens with zero attached hydrogens (tertiary/aromatic N) is 2. The first-order chi connectivity index (χ1) is 6.11. The van der Waals surface area contributed by atoms with Gasteiger partial charge in [0.2, 0.25) is 5.95 Å². The highest BCUT2D eigenvalue weighted by Crippen LogP contribution is 2.30. The van der Waals surface area contributed by atoms with Crippen LogP contribution in [0.5, 0.6) is 0 Å². The first-order valence-electron chi connectivity index (χ1n) is 3.67. The Morgan fingerprint density at radius 2 is 2.23 bits per heavy atom. The van der Waals surface area contributed by atoms with E-state index in [1.54, 1.807) is 4.57 Å². The highest BCUT2D eigenvalue weighted by atomic mass is 79.9. The van der Waals surface area contributed by atoms with Gasteiger partial charge in [0.15, 0.2) is 0 Å². The van der Waals surface area contributed by atoms with E-state index < -0.39 is 0 Å². The minimum atomic E-state index is 0.462. The number of aryl methyl sites for hydroxylation is 1. The maximum absolute atomic E-state index is 6.01. The lowest BCUT2D eigenvalue weighted by molar-refractivity contribution is 0.965. The van der Waals surface area contributed by atoms with Crippen LogP contribution < -0.4 is 5.73 Å². The molecular formula is C8H7BrClN3. The van der Waals surface area contributed by atoms with E-state index in [4.69, 9.17) is 17.3 Å². The van der Waals surface area contributed by atoms with Gasteiger partial charge in [0, 0.05) is 11.5 Å². The van der Waals surface area contributed by atoms with E-state index in [-0.39, 0.29) is 0 Å². The fraction of sp³-hybridized carbons (Fsp3) is 0.125. The number of anilines is 1. The molecule has 0 spiro atoms. The van der Waals surface area contributed by atoms with Crippen LogP contribution in [0.2, 0.25) is 5.02 Å². The molecule has 0 aliphatic rings. The maximum Gasteiger partial charge on any atom is 0.201 e. The molecule has 3 nitrogen and oxygen atoms in total. The lowest BCUT2D eigenvalue weighted by Crippen LogP contribution is -1.96. The Hall–Kier alpha value is -0.740. The molecule has 68 valence electrons. The number of hydrogen-bond donors (Lipinski definition) is 1. The molecule has 0 aliphatic carbocycles. The van der Waals surface area contributed by atoms with Crippen LogP contribution in [-0.2, 0) is 7.05 Å². The number of fused-ring (bicyclic) bond motifs is 1. The van der Waals surface area contributed by atoms with E-state index in [9.17, 15) is 0 Å². The van der Waals surface area contributed by atoms with E-state index in [2.05, 4.69) is 20.9 Å². The highest BCUT2D eigenvalue weighted by molar-refractivity contribution is 9.10. The summed E-state index contributed by atoms with van der Waals surface area (Å²) in [5, 5.41) is 0.657. The van der Waals surface area contributed by atoms with E-state index in [0.29, 0.717) is 11.0 Å². The van der Waals surface area contributed by atoms with Crippen molar-refractivity contribution in [3.05, 3.63) is 21.6 Å². The molecule has 5 heteroatoms. The molecule has 0 bridgehead atoms. The number of rotatable bonds is 0. The number of hydrogen-bond acceptors (Lipinski definition) is 2. The first-order valence-corrected chi connectivity index (χ1v) is 4.84. The van der Waals surface area contributed by atoms with E-state index in [0.717, 1.165) is 15.5 Å². The summed E-state index contributed by atoms with van der Waals surface area (Å²) >= 11 is 9.40. The van der Waals surface area contributed by atoms with Gasteiger partial charge in [-0.2, -0.15) is 0 Å². The Balaban J connectivity index is 3.00. The lowest BCUT2D eigenvalue weighted by atomic mass is 10.3. The fourth-order valence-electron chi connectivity index (χ4n) is 1.26. The molecule has 0 saturated carbocycles. The third-order valence-electron chi connectivity index (χ3n) is 1.96. The van der Waals surface area contributed by atoms with Crippen LogP contribution >= 0.6 is 27.5 Å². The number of nitrogens with two attached hydrogens (primary N) is 1. The summed E-state index contributed by atoms with van der Waals surface area (Å²) < 4.78 is 2.67. The predicted octanol–water partition coefficient (Wildman–Crippen LogP) is 2.57. The standard InChI is InChI=1S/C8H7BrClN3/c1-13-7-5(10)3-2-4(9)6(7)12-8(13)11/h2-3H,1H3,(H2,11,12). The summed E-state index contributed by atoms with van der Waals surface area (Å²) in [6.45, 7) is 0. The SMILES string of the molecule is Cn1c(N)nc2c(Br)ccc(Cl)c21. The van der Waals surface area contributed by atoms with Crippen LogP contribution in [0, 0.1) is 0 Å². The van der Waals surface area contributed by atoms with Gasteiger partial charge >= 0.3 is 0 Å². The van der Waals surface area contributed by atoms with E-state index >= 15 is 0 Å². The largest absolute Gasteiger partial charge is 0.369 e. The Bertz CT molecular complexity index is 478. The van der Waals surface area contributed by atoms with E-state index in [1.165, 1.54) is 0 Å². The van der Waals surface area contributed by atoms with Crippen LogP contribution in [0.3, 0.4) is 0 Å². The predicted molar refractivity (Wildman–Crippen MR) is 57.8 cm³/mol. The molecule has 0 radical (unpaired) electrons. The zero-order valence-electron chi connectivity index (χ0n) is 6.88. The molecular weight excluding hydrogens is 253 g/mol. The molecule has 0 saturated heterocycles. The van der Waals surface area contributed by atoms with Crippen LogP contribution in [0.1, 0.15) is 0 Å². The number of benzene rings is 1. The summed E-state index contributed by atoms with van der Waals surface area (Å²) in [7, 11) is 1.84. The van der Waals surface area contributed by atoms with Crippen molar-refractivity contribution in [3.63, 3.8) is 0 Å². The molecule has 0 aliphatic heterocycles. The van der Waals surface area contributed by atoms with Crippen LogP contribution in [0.25, 0.3) is 11.0 Å². The van der Waals surface area contributed by atoms with Crippen LogP contribution in [0.4, 0.5) is 5.95 Å². The van der Waals surface area contributed by atoms with Crippen LogP contribution in [0.15, 0.2) is 16.6 Å². The number of aromatic nitrogens is 2. The molecule has 0 unspecified atom stereocenters. The van der Waals surface area contributed by atoms with Crippen molar-refractivity contribution in [2.24, 2.45) is 7.05 Å². The smallest absolute Gasteiger partial charge is 0.201 e. The number of imidazole rings is 1. The fourth-order valence-corrected chi connectivity index (χ4v) is 1.95. The summed E-state index contributed by atoms with van der Waals surface area (Å²) in [6.07, 6.45) is 0. The molecule has 0 fully saturated rings. The number of nitrogen functional groups attached to an aromatic ring is 1. The number of halogens is 2. The molecule has 1 heterocycles. The Labute approximate surface area is 88.6 Å². The lowest BCUT2D eigenvalue weighted by Gasteiger charge is -1.99. The molecule has 2 rings (SSSR count). The summed E-state index contributed by atoms with van der Waals surface area (Å²) in [5.41, 5.74) is 7.32. The average molecular weight is 261 g/mol. The van der Waals surface area contributed by atoms with Gasteiger partial charge in [-0.25, -0.2) is 4.98 Å². The summed E-state index contributed by atoms with van der Waals surface area (Å²) in [5.74, 6) is 0.462. The van der Waals surface area contributed by atoms with Gasteiger partial charge in [-0.3, -0.25) is 0 Å². The third kappa shape index (κ3) is 1.21. The van der Waals surface area contributed by atoms with Crippen molar-refractivity contribution in [2.75, 3.05) is 5.73 Å². The van der Waals surface area contributed by atoms with Gasteiger partial charge in [-0.05, 0) is 28.1 Å². The van der Waals surface area contributed by atoms with Crippen molar-refractivity contribution < 1.29 is 0 Å². The Kier molecular flexibility index (Phi) is 1.96. The normalized spacial score (nSPS) is 11.0. The molecule has 1 aromatic heterocycles. The minimum absolute atomic E-state index is 0.462.